The van der Waals surface area contributed by atoms with Crippen molar-refractivity contribution in [3.8, 4) is 0 Å². The number of amides is 1. The summed E-state index contributed by atoms with van der Waals surface area (Å²) in [6.07, 6.45) is 3.35. The summed E-state index contributed by atoms with van der Waals surface area (Å²) in [7, 11) is -0.614. The number of carbonyl (C=O) groups is 1. The van der Waals surface area contributed by atoms with Gasteiger partial charge in [0.15, 0.2) is 0 Å². The highest BCUT2D eigenvalue weighted by atomic mass is 35.5. The van der Waals surface area contributed by atoms with Gasteiger partial charge < -0.3 is 15.5 Å². The highest BCUT2D eigenvalue weighted by Gasteiger charge is 2.24. The summed E-state index contributed by atoms with van der Waals surface area (Å²) in [6, 6.07) is 5.01. The zero-order valence-corrected chi connectivity index (χ0v) is 20.1. The third-order valence-corrected chi connectivity index (χ3v) is 6.62. The summed E-state index contributed by atoms with van der Waals surface area (Å²) in [5, 5.41) is 6.19. The highest BCUT2D eigenvalue weighted by Crippen LogP contribution is 2.27. The number of halogens is 2. The van der Waals surface area contributed by atoms with Gasteiger partial charge in [0.05, 0.1) is 10.5 Å². The standard InChI is InChI=1S/C19H32N4O3S.2ClH/c1-5-20-15(2)14-21-19(24)17-13-16(27(25,26)22(3)4)9-10-18(17)23-11-7-6-8-12-23;;/h9-10,13,15,20H,5-8,11-12,14H2,1-4H3,(H,21,24);2*1H/t15-;;/m1../s1. The molecule has 2 rings (SSSR count). The van der Waals surface area contributed by atoms with Crippen molar-refractivity contribution in [2.24, 2.45) is 0 Å². The maximum Gasteiger partial charge on any atom is 0.253 e. The molecule has 0 bridgehead atoms. The van der Waals surface area contributed by atoms with Gasteiger partial charge in [-0.25, -0.2) is 12.7 Å². The predicted octanol–water partition coefficient (Wildman–Crippen LogP) is 2.50. The summed E-state index contributed by atoms with van der Waals surface area (Å²) in [5.41, 5.74) is 1.23. The molecule has 1 aromatic rings. The van der Waals surface area contributed by atoms with E-state index in [4.69, 9.17) is 0 Å². The molecule has 1 atom stereocenters. The van der Waals surface area contributed by atoms with Gasteiger partial charge >= 0.3 is 0 Å². The zero-order valence-electron chi connectivity index (χ0n) is 17.6. The van der Waals surface area contributed by atoms with Crippen LogP contribution in [0, 0.1) is 0 Å². The molecule has 168 valence electrons. The minimum Gasteiger partial charge on any atom is -0.371 e. The Bertz CT molecular complexity index is 754. The molecule has 0 spiro atoms. The number of nitrogens with zero attached hydrogens (tertiary/aromatic N) is 2. The molecule has 0 radical (unpaired) electrons. The number of carbonyl (C=O) groups excluding carboxylic acids is 1. The molecular weight excluding hydrogens is 435 g/mol. The molecule has 1 saturated heterocycles. The number of hydrogen-bond acceptors (Lipinski definition) is 5. The van der Waals surface area contributed by atoms with Crippen molar-refractivity contribution in [1.29, 1.82) is 0 Å². The van der Waals surface area contributed by atoms with Crippen LogP contribution in [0.1, 0.15) is 43.5 Å². The monoisotopic (exact) mass is 468 g/mol. The summed E-state index contributed by atoms with van der Waals surface area (Å²) >= 11 is 0. The first kappa shape index (κ1) is 27.9. The number of rotatable bonds is 8. The number of benzene rings is 1. The second-order valence-electron chi connectivity index (χ2n) is 7.18. The first-order chi connectivity index (χ1) is 12.8. The van der Waals surface area contributed by atoms with Gasteiger partial charge in [0.1, 0.15) is 0 Å². The Balaban J connectivity index is 0.00000392. The molecule has 0 aliphatic carbocycles. The van der Waals surface area contributed by atoms with E-state index in [1.165, 1.54) is 26.6 Å². The average molecular weight is 469 g/mol. The van der Waals surface area contributed by atoms with E-state index in [0.29, 0.717) is 12.1 Å². The van der Waals surface area contributed by atoms with E-state index in [1.54, 1.807) is 12.1 Å². The van der Waals surface area contributed by atoms with Crippen LogP contribution in [0.4, 0.5) is 5.69 Å². The van der Waals surface area contributed by atoms with Crippen molar-refractivity contribution in [3.63, 3.8) is 0 Å². The van der Waals surface area contributed by atoms with E-state index in [2.05, 4.69) is 15.5 Å². The molecule has 1 heterocycles. The van der Waals surface area contributed by atoms with Crippen molar-refractivity contribution in [2.75, 3.05) is 45.2 Å². The molecule has 1 aliphatic heterocycles. The van der Waals surface area contributed by atoms with Crippen molar-refractivity contribution >= 4 is 46.4 Å². The SMILES string of the molecule is CCN[C@H](C)CNC(=O)c1cc(S(=O)(=O)N(C)C)ccc1N1CCCCC1.Cl.Cl. The molecule has 1 aliphatic rings. The predicted molar refractivity (Wildman–Crippen MR) is 123 cm³/mol. The summed E-state index contributed by atoms with van der Waals surface area (Å²) in [5.74, 6) is -0.240. The maximum absolute atomic E-state index is 12.9. The van der Waals surface area contributed by atoms with Crippen molar-refractivity contribution in [3.05, 3.63) is 23.8 Å². The van der Waals surface area contributed by atoms with Crippen LogP contribution in [0.15, 0.2) is 23.1 Å². The Morgan fingerprint density at radius 2 is 1.79 bits per heavy atom. The molecule has 0 aromatic heterocycles. The molecule has 10 heteroatoms. The lowest BCUT2D eigenvalue weighted by atomic mass is 10.1. The fourth-order valence-electron chi connectivity index (χ4n) is 3.24. The zero-order chi connectivity index (χ0) is 20.0. The van der Waals surface area contributed by atoms with Crippen LogP contribution in [0.25, 0.3) is 0 Å². The molecule has 29 heavy (non-hydrogen) atoms. The van der Waals surface area contributed by atoms with E-state index in [1.807, 2.05) is 13.8 Å². The minimum absolute atomic E-state index is 0. The fourth-order valence-corrected chi connectivity index (χ4v) is 4.17. The molecule has 2 N–H and O–H groups in total. The van der Waals surface area contributed by atoms with Gasteiger partial charge in [-0.2, -0.15) is 0 Å². The Hall–Kier alpha value is -1.06. The largest absolute Gasteiger partial charge is 0.371 e. The average Bonchev–Trinajstić information content (AvgIpc) is 2.66. The van der Waals surface area contributed by atoms with E-state index in [0.717, 1.165) is 42.5 Å². The number of sulfonamides is 1. The van der Waals surface area contributed by atoms with E-state index in [9.17, 15) is 13.2 Å². The number of piperidine rings is 1. The molecule has 1 aromatic carbocycles. The molecule has 0 saturated carbocycles. The molecule has 0 unspecified atom stereocenters. The van der Waals surface area contributed by atoms with E-state index in [-0.39, 0.29) is 41.7 Å². The van der Waals surface area contributed by atoms with Crippen LogP contribution in [0.3, 0.4) is 0 Å². The fraction of sp³-hybridized carbons (Fsp3) is 0.632. The summed E-state index contributed by atoms with van der Waals surface area (Å²) in [4.78, 5) is 15.2. The quantitative estimate of drug-likeness (QED) is 0.612. The number of anilines is 1. The van der Waals surface area contributed by atoms with Gasteiger partial charge in [-0.1, -0.05) is 6.92 Å². The Morgan fingerprint density at radius 1 is 1.17 bits per heavy atom. The third-order valence-electron chi connectivity index (χ3n) is 4.81. The van der Waals surface area contributed by atoms with Gasteiger partial charge in [-0.05, 0) is 50.9 Å². The first-order valence-corrected chi connectivity index (χ1v) is 11.0. The number of hydrogen-bond donors (Lipinski definition) is 2. The number of likely N-dealkylation sites (N-methyl/N-ethyl adjacent to an activating group) is 1. The van der Waals surface area contributed by atoms with Crippen molar-refractivity contribution in [2.45, 2.75) is 44.0 Å². The minimum atomic E-state index is -3.60. The molecule has 1 amide bonds. The summed E-state index contributed by atoms with van der Waals surface area (Å²) in [6.45, 7) is 7.09. The van der Waals surface area contributed by atoms with Gasteiger partial charge in [-0.15, -0.1) is 24.8 Å². The van der Waals surface area contributed by atoms with Crippen LogP contribution in [0.5, 0.6) is 0 Å². The second-order valence-corrected chi connectivity index (χ2v) is 9.33. The lowest BCUT2D eigenvalue weighted by Gasteiger charge is -2.30. The van der Waals surface area contributed by atoms with Crippen LogP contribution >= 0.6 is 24.8 Å². The van der Waals surface area contributed by atoms with Crippen LogP contribution in [-0.4, -0.2) is 64.9 Å². The van der Waals surface area contributed by atoms with Crippen LogP contribution < -0.4 is 15.5 Å². The molecule has 7 nitrogen and oxygen atoms in total. The van der Waals surface area contributed by atoms with Gasteiger partial charge in [0.25, 0.3) is 5.91 Å². The topological polar surface area (TPSA) is 81.7 Å². The number of nitrogens with one attached hydrogen (secondary N) is 2. The molecular formula is C19H34Cl2N4O3S. The Labute approximate surface area is 187 Å². The third kappa shape index (κ3) is 7.29. The normalized spacial score (nSPS) is 15.3. The lowest BCUT2D eigenvalue weighted by molar-refractivity contribution is 0.0950. The Kier molecular flexibility index (Phi) is 12.1. The first-order valence-electron chi connectivity index (χ1n) is 9.60. The lowest BCUT2D eigenvalue weighted by Crippen LogP contribution is -2.39. The van der Waals surface area contributed by atoms with Gasteiger partial charge in [-0.3, -0.25) is 4.79 Å². The smallest absolute Gasteiger partial charge is 0.253 e. The Morgan fingerprint density at radius 3 is 2.34 bits per heavy atom. The second kappa shape index (κ2) is 12.6. The molecule has 1 fully saturated rings. The maximum atomic E-state index is 12.9. The van der Waals surface area contributed by atoms with Gasteiger partial charge in [0, 0.05) is 45.5 Å². The van der Waals surface area contributed by atoms with Gasteiger partial charge in [0.2, 0.25) is 10.0 Å². The van der Waals surface area contributed by atoms with Crippen LogP contribution in [-0.2, 0) is 10.0 Å². The van der Waals surface area contributed by atoms with Crippen LogP contribution in [0.2, 0.25) is 0 Å². The van der Waals surface area contributed by atoms with E-state index < -0.39 is 10.0 Å². The van der Waals surface area contributed by atoms with Crippen molar-refractivity contribution < 1.29 is 13.2 Å². The highest BCUT2D eigenvalue weighted by molar-refractivity contribution is 7.89. The van der Waals surface area contributed by atoms with Crippen molar-refractivity contribution in [1.82, 2.24) is 14.9 Å². The van der Waals surface area contributed by atoms with E-state index >= 15 is 0 Å². The summed E-state index contributed by atoms with van der Waals surface area (Å²) < 4.78 is 26.2.